The second-order valence-corrected chi connectivity index (χ2v) is 7.18. The number of amides is 1. The maximum absolute atomic E-state index is 12.2. The molecule has 2 heterocycles. The number of benzene rings is 2. The monoisotopic (exact) mass is 383 g/mol. The molecule has 2 N–H and O–H groups in total. The topological polar surface area (TPSA) is 53.6 Å². The Bertz CT molecular complexity index is 858. The molecule has 0 spiro atoms. The molecule has 1 fully saturated rings. The molecule has 0 atom stereocenters. The third kappa shape index (κ3) is 4.33. The van der Waals surface area contributed by atoms with Gasteiger partial charge in [0.2, 0.25) is 0 Å². The van der Waals surface area contributed by atoms with Crippen LogP contribution in [0.4, 0.5) is 11.4 Å². The van der Waals surface area contributed by atoms with E-state index >= 15 is 0 Å². The van der Waals surface area contributed by atoms with Crippen molar-refractivity contribution < 1.29 is 9.53 Å². The van der Waals surface area contributed by atoms with Crippen LogP contribution in [0.1, 0.15) is 11.1 Å². The first-order valence-electron chi connectivity index (χ1n) is 9.16. The Labute approximate surface area is 164 Å². The van der Waals surface area contributed by atoms with Crippen molar-refractivity contribution in [2.45, 2.75) is 6.42 Å². The van der Waals surface area contributed by atoms with Crippen molar-refractivity contribution in [1.29, 1.82) is 0 Å². The lowest BCUT2D eigenvalue weighted by Gasteiger charge is -2.26. The van der Waals surface area contributed by atoms with Gasteiger partial charge in [0.1, 0.15) is 0 Å². The highest BCUT2D eigenvalue weighted by Gasteiger charge is 2.24. The van der Waals surface area contributed by atoms with Gasteiger partial charge in [-0.1, -0.05) is 23.7 Å². The van der Waals surface area contributed by atoms with E-state index in [0.717, 1.165) is 56.2 Å². The number of anilines is 2. The second kappa shape index (κ2) is 8.13. The van der Waals surface area contributed by atoms with E-state index < -0.39 is 0 Å². The minimum absolute atomic E-state index is 0.123. The van der Waals surface area contributed by atoms with Gasteiger partial charge >= 0.3 is 0 Å². The van der Waals surface area contributed by atoms with E-state index in [1.807, 2.05) is 18.2 Å². The molecule has 0 unspecified atom stereocenters. The lowest BCUT2D eigenvalue weighted by Crippen LogP contribution is -2.37. The summed E-state index contributed by atoms with van der Waals surface area (Å²) >= 11 is 6.06. The smallest absolute Gasteiger partial charge is 0.257 e. The van der Waals surface area contributed by atoms with Gasteiger partial charge in [0.15, 0.2) is 0 Å². The summed E-state index contributed by atoms with van der Waals surface area (Å²) in [4.78, 5) is 14.6. The molecular formula is C21H22ClN3O2. The van der Waals surface area contributed by atoms with Crippen LogP contribution in [-0.2, 0) is 16.0 Å². The van der Waals surface area contributed by atoms with Gasteiger partial charge in [0.05, 0.1) is 18.8 Å². The average Bonchev–Trinajstić information content (AvgIpc) is 3.01. The minimum Gasteiger partial charge on any atom is -0.379 e. The van der Waals surface area contributed by atoms with E-state index in [-0.39, 0.29) is 5.91 Å². The Kier molecular flexibility index (Phi) is 5.43. The predicted octanol–water partition coefficient (Wildman–Crippen LogP) is 3.62. The van der Waals surface area contributed by atoms with Gasteiger partial charge in [-0.3, -0.25) is 9.69 Å². The zero-order chi connectivity index (χ0) is 18.6. The zero-order valence-electron chi connectivity index (χ0n) is 15.0. The first-order valence-corrected chi connectivity index (χ1v) is 9.54. The minimum atomic E-state index is -0.123. The highest BCUT2D eigenvalue weighted by molar-refractivity contribution is 6.34. The van der Waals surface area contributed by atoms with Gasteiger partial charge in [0, 0.05) is 47.8 Å². The number of carbonyl (C=O) groups excluding carboxylic acids is 1. The van der Waals surface area contributed by atoms with Crippen LogP contribution in [0.15, 0.2) is 48.7 Å². The van der Waals surface area contributed by atoms with Crippen molar-refractivity contribution in [2.24, 2.45) is 0 Å². The van der Waals surface area contributed by atoms with Gasteiger partial charge in [-0.2, -0.15) is 0 Å². The lowest BCUT2D eigenvalue weighted by molar-refractivity contribution is -0.110. The third-order valence-corrected chi connectivity index (χ3v) is 5.16. The van der Waals surface area contributed by atoms with E-state index in [2.05, 4.69) is 27.7 Å². The molecule has 140 valence electrons. The van der Waals surface area contributed by atoms with Crippen molar-refractivity contribution >= 4 is 34.5 Å². The summed E-state index contributed by atoms with van der Waals surface area (Å²) < 4.78 is 5.38. The largest absolute Gasteiger partial charge is 0.379 e. The molecule has 27 heavy (non-hydrogen) atoms. The second-order valence-electron chi connectivity index (χ2n) is 6.75. The first kappa shape index (κ1) is 18.0. The van der Waals surface area contributed by atoms with Crippen LogP contribution < -0.4 is 10.6 Å². The Morgan fingerprint density at radius 2 is 1.93 bits per heavy atom. The van der Waals surface area contributed by atoms with Gasteiger partial charge in [0.25, 0.3) is 5.91 Å². The van der Waals surface area contributed by atoms with Crippen molar-refractivity contribution in [3.8, 4) is 0 Å². The molecule has 0 radical (unpaired) electrons. The summed E-state index contributed by atoms with van der Waals surface area (Å²) in [7, 11) is 0. The fourth-order valence-corrected chi connectivity index (χ4v) is 3.51. The fraction of sp³-hybridized carbons (Fsp3) is 0.286. The van der Waals surface area contributed by atoms with Gasteiger partial charge < -0.3 is 15.4 Å². The normalized spacial score (nSPS) is 18.4. The first-order chi connectivity index (χ1) is 13.2. The van der Waals surface area contributed by atoms with Gasteiger partial charge in [-0.25, -0.2) is 0 Å². The molecule has 5 nitrogen and oxygen atoms in total. The van der Waals surface area contributed by atoms with Crippen LogP contribution in [0.5, 0.6) is 0 Å². The van der Waals surface area contributed by atoms with Crippen LogP contribution in [0.3, 0.4) is 0 Å². The van der Waals surface area contributed by atoms with E-state index in [0.29, 0.717) is 10.6 Å². The van der Waals surface area contributed by atoms with Crippen molar-refractivity contribution in [1.82, 2.24) is 4.90 Å². The number of rotatable bonds is 5. The number of halogens is 1. The number of fused-ring (bicyclic) bond motifs is 1. The number of nitrogens with one attached hydrogen (secondary N) is 2. The number of hydrogen-bond donors (Lipinski definition) is 2. The van der Waals surface area contributed by atoms with Crippen LogP contribution in [0, 0.1) is 0 Å². The average molecular weight is 384 g/mol. The molecule has 0 bridgehead atoms. The quantitative estimate of drug-likeness (QED) is 0.774. The Morgan fingerprint density at radius 3 is 2.70 bits per heavy atom. The molecule has 2 aromatic rings. The Balaban J connectivity index is 1.38. The van der Waals surface area contributed by atoms with E-state index in [4.69, 9.17) is 16.3 Å². The summed E-state index contributed by atoms with van der Waals surface area (Å²) in [5.41, 5.74) is 4.44. The van der Waals surface area contributed by atoms with Crippen molar-refractivity contribution in [3.05, 3.63) is 64.8 Å². The highest BCUT2D eigenvalue weighted by Crippen LogP contribution is 2.33. The summed E-state index contributed by atoms with van der Waals surface area (Å²) in [6.07, 6.45) is 2.76. The van der Waals surface area contributed by atoms with Gasteiger partial charge in [-0.05, 0) is 42.3 Å². The Morgan fingerprint density at radius 1 is 1.15 bits per heavy atom. The van der Waals surface area contributed by atoms with Crippen LogP contribution in [-0.4, -0.2) is 43.7 Å². The van der Waals surface area contributed by atoms with Crippen LogP contribution >= 0.6 is 11.6 Å². The molecule has 1 amide bonds. The molecule has 2 aliphatic heterocycles. The molecule has 0 aliphatic carbocycles. The molecule has 6 heteroatoms. The Hall–Kier alpha value is -2.34. The van der Waals surface area contributed by atoms with Crippen molar-refractivity contribution in [3.63, 3.8) is 0 Å². The third-order valence-electron chi connectivity index (χ3n) is 4.92. The van der Waals surface area contributed by atoms with Crippen LogP contribution in [0.25, 0.3) is 5.57 Å². The summed E-state index contributed by atoms with van der Waals surface area (Å²) in [5.74, 6) is -0.123. The molecule has 1 saturated heterocycles. The molecule has 2 aromatic carbocycles. The maximum atomic E-state index is 12.2. The van der Waals surface area contributed by atoms with Crippen LogP contribution in [0.2, 0.25) is 5.02 Å². The maximum Gasteiger partial charge on any atom is 0.257 e. The number of nitrogens with zero attached hydrogens (tertiary/aromatic N) is 1. The molecule has 0 aromatic heterocycles. The highest BCUT2D eigenvalue weighted by atomic mass is 35.5. The molecule has 2 aliphatic rings. The molecule has 0 saturated carbocycles. The van der Waals surface area contributed by atoms with Crippen molar-refractivity contribution in [2.75, 3.05) is 43.5 Å². The summed E-state index contributed by atoms with van der Waals surface area (Å²) in [6.45, 7) is 4.75. The van der Waals surface area contributed by atoms with E-state index in [1.165, 1.54) is 5.56 Å². The number of carbonyl (C=O) groups is 1. The zero-order valence-corrected chi connectivity index (χ0v) is 15.8. The molecule has 4 rings (SSSR count). The summed E-state index contributed by atoms with van der Waals surface area (Å²) in [6, 6.07) is 13.7. The van der Waals surface area contributed by atoms with E-state index in [1.54, 1.807) is 18.3 Å². The standard InChI is InChI=1S/C21H22ClN3O2/c22-16-3-6-20-18(13-16)19(21(26)24-20)14-23-17-4-1-15(2-5-17)7-8-25-9-11-27-12-10-25/h1-6,13-14,23H,7-12H2,(H,24,26). The number of hydrogen-bond acceptors (Lipinski definition) is 4. The molecular weight excluding hydrogens is 362 g/mol. The number of morpholine rings is 1. The van der Waals surface area contributed by atoms with E-state index in [9.17, 15) is 4.79 Å². The predicted molar refractivity (Wildman–Crippen MR) is 109 cm³/mol. The van der Waals surface area contributed by atoms with Gasteiger partial charge in [-0.15, -0.1) is 0 Å². The summed E-state index contributed by atoms with van der Waals surface area (Å²) in [5, 5.41) is 6.68. The SMILES string of the molecule is O=C1Nc2ccc(Cl)cc2C1=CNc1ccc(CCN2CCOCC2)cc1. The number of ether oxygens (including phenoxy) is 1. The lowest BCUT2D eigenvalue weighted by atomic mass is 10.1. The fourth-order valence-electron chi connectivity index (χ4n) is 3.34.